The van der Waals surface area contributed by atoms with E-state index in [9.17, 15) is 0 Å². The lowest BCUT2D eigenvalue weighted by Gasteiger charge is -1.98. The van der Waals surface area contributed by atoms with Crippen LogP contribution in [0.3, 0.4) is 0 Å². The molecule has 78 valence electrons. The van der Waals surface area contributed by atoms with E-state index in [4.69, 9.17) is 11.6 Å². The fourth-order valence-electron chi connectivity index (χ4n) is 1.18. The van der Waals surface area contributed by atoms with Gasteiger partial charge in [-0.3, -0.25) is 9.67 Å². The zero-order valence-corrected chi connectivity index (χ0v) is 9.79. The van der Waals surface area contributed by atoms with Crippen molar-refractivity contribution >= 4 is 23.4 Å². The van der Waals surface area contributed by atoms with Crippen LogP contribution < -0.4 is 0 Å². The van der Waals surface area contributed by atoms with E-state index in [1.165, 1.54) is 5.56 Å². The minimum absolute atomic E-state index is 0.566. The molecule has 0 bridgehead atoms. The van der Waals surface area contributed by atoms with Crippen LogP contribution in [0.4, 0.5) is 0 Å². The number of halogens is 1. The van der Waals surface area contributed by atoms with Crippen molar-refractivity contribution in [3.63, 3.8) is 0 Å². The van der Waals surface area contributed by atoms with Crippen LogP contribution >= 0.6 is 23.4 Å². The first-order valence-corrected chi connectivity index (χ1v) is 5.83. The number of hydrogen-bond donors (Lipinski definition) is 0. The second kappa shape index (κ2) is 4.68. The molecule has 2 rings (SSSR count). The van der Waals surface area contributed by atoms with E-state index in [1.807, 2.05) is 25.4 Å². The molecule has 3 nitrogen and oxygen atoms in total. The molecular formula is C10H10ClN3S. The highest BCUT2D eigenvalue weighted by molar-refractivity contribution is 7.98. The van der Waals surface area contributed by atoms with Gasteiger partial charge in [-0.25, -0.2) is 0 Å². The van der Waals surface area contributed by atoms with Gasteiger partial charge in [0.1, 0.15) is 0 Å². The summed E-state index contributed by atoms with van der Waals surface area (Å²) in [7, 11) is 1.86. The number of thioether (sulfide) groups is 1. The molecule has 0 aliphatic rings. The molecule has 2 heterocycles. The maximum atomic E-state index is 5.95. The standard InChI is InChI=1S/C10H10ClN3S/c1-14-6-9(10(11)13-14)15-7-8-2-4-12-5-3-8/h2-6H,7H2,1H3. The Hall–Kier alpha value is -1.000. The monoisotopic (exact) mass is 239 g/mol. The molecule has 0 atom stereocenters. The fourth-order valence-corrected chi connectivity index (χ4v) is 2.41. The van der Waals surface area contributed by atoms with E-state index in [-0.39, 0.29) is 0 Å². The van der Waals surface area contributed by atoms with Crippen molar-refractivity contribution in [1.29, 1.82) is 0 Å². The van der Waals surface area contributed by atoms with Crippen molar-refractivity contribution in [3.8, 4) is 0 Å². The van der Waals surface area contributed by atoms with Crippen LogP contribution in [0, 0.1) is 0 Å². The smallest absolute Gasteiger partial charge is 0.164 e. The molecular weight excluding hydrogens is 230 g/mol. The number of rotatable bonds is 3. The minimum atomic E-state index is 0.566. The summed E-state index contributed by atoms with van der Waals surface area (Å²) in [6.45, 7) is 0. The summed E-state index contributed by atoms with van der Waals surface area (Å²) >= 11 is 7.62. The highest BCUT2D eigenvalue weighted by Crippen LogP contribution is 2.28. The van der Waals surface area contributed by atoms with Gasteiger partial charge in [-0.2, -0.15) is 5.10 Å². The number of nitrogens with zero attached hydrogens (tertiary/aromatic N) is 3. The van der Waals surface area contributed by atoms with Gasteiger partial charge >= 0.3 is 0 Å². The largest absolute Gasteiger partial charge is 0.273 e. The van der Waals surface area contributed by atoms with Crippen molar-refractivity contribution in [2.24, 2.45) is 7.05 Å². The van der Waals surface area contributed by atoms with Crippen LogP contribution in [0.5, 0.6) is 0 Å². The molecule has 0 saturated heterocycles. The molecule has 0 aliphatic heterocycles. The summed E-state index contributed by atoms with van der Waals surface area (Å²) < 4.78 is 1.72. The summed E-state index contributed by atoms with van der Waals surface area (Å²) in [5.41, 5.74) is 1.23. The Morgan fingerprint density at radius 2 is 2.13 bits per heavy atom. The Balaban J connectivity index is 2.02. The highest BCUT2D eigenvalue weighted by atomic mass is 35.5. The van der Waals surface area contributed by atoms with Gasteiger partial charge in [-0.15, -0.1) is 11.8 Å². The van der Waals surface area contributed by atoms with Crippen molar-refractivity contribution in [2.45, 2.75) is 10.6 Å². The van der Waals surface area contributed by atoms with E-state index < -0.39 is 0 Å². The molecule has 0 radical (unpaired) electrons. The Bertz CT molecular complexity index is 441. The van der Waals surface area contributed by atoms with Crippen molar-refractivity contribution < 1.29 is 0 Å². The molecule has 0 spiro atoms. The zero-order chi connectivity index (χ0) is 10.7. The Kier molecular flexibility index (Phi) is 3.28. The molecule has 0 fully saturated rings. The second-order valence-electron chi connectivity index (χ2n) is 3.10. The second-order valence-corrected chi connectivity index (χ2v) is 4.48. The quantitative estimate of drug-likeness (QED) is 0.772. The van der Waals surface area contributed by atoms with E-state index in [1.54, 1.807) is 28.8 Å². The first kappa shape index (κ1) is 10.5. The maximum Gasteiger partial charge on any atom is 0.164 e. The van der Waals surface area contributed by atoms with Crippen LogP contribution in [0.25, 0.3) is 0 Å². The maximum absolute atomic E-state index is 5.95. The van der Waals surface area contributed by atoms with Gasteiger partial charge < -0.3 is 0 Å². The molecule has 0 unspecified atom stereocenters. The Labute approximate surface area is 97.5 Å². The first-order chi connectivity index (χ1) is 7.25. The third-order valence-electron chi connectivity index (χ3n) is 1.90. The average Bonchev–Trinajstić information content (AvgIpc) is 2.56. The van der Waals surface area contributed by atoms with Gasteiger partial charge in [0.25, 0.3) is 0 Å². The molecule has 2 aromatic heterocycles. The van der Waals surface area contributed by atoms with Gasteiger partial charge in [0.05, 0.1) is 4.90 Å². The SMILES string of the molecule is Cn1cc(SCc2ccncc2)c(Cl)n1. The van der Waals surface area contributed by atoms with Crippen molar-refractivity contribution in [3.05, 3.63) is 41.4 Å². The average molecular weight is 240 g/mol. The van der Waals surface area contributed by atoms with Crippen molar-refractivity contribution in [1.82, 2.24) is 14.8 Å². The third kappa shape index (κ3) is 2.73. The van der Waals surface area contributed by atoms with E-state index >= 15 is 0 Å². The van der Waals surface area contributed by atoms with E-state index in [2.05, 4.69) is 10.1 Å². The molecule has 0 aromatic carbocycles. The fraction of sp³-hybridized carbons (Fsp3) is 0.200. The number of pyridine rings is 1. The van der Waals surface area contributed by atoms with Crippen molar-refractivity contribution in [2.75, 3.05) is 0 Å². The van der Waals surface area contributed by atoms with Gasteiger partial charge in [-0.1, -0.05) is 11.6 Å². The number of aromatic nitrogens is 3. The lowest BCUT2D eigenvalue weighted by molar-refractivity contribution is 0.767. The van der Waals surface area contributed by atoms with Gasteiger partial charge in [0.2, 0.25) is 0 Å². The summed E-state index contributed by atoms with van der Waals surface area (Å²) in [5.74, 6) is 0.883. The van der Waals surface area contributed by atoms with Gasteiger partial charge in [0.15, 0.2) is 5.15 Å². The predicted octanol–water partition coefficient (Wildman–Crippen LogP) is 2.76. The molecule has 0 saturated carbocycles. The van der Waals surface area contributed by atoms with Crippen LogP contribution in [0.15, 0.2) is 35.6 Å². The van der Waals surface area contributed by atoms with Crippen LogP contribution in [0.2, 0.25) is 5.15 Å². The Morgan fingerprint density at radius 1 is 1.40 bits per heavy atom. The molecule has 0 amide bonds. The third-order valence-corrected chi connectivity index (χ3v) is 3.38. The highest BCUT2D eigenvalue weighted by Gasteiger charge is 2.05. The zero-order valence-electron chi connectivity index (χ0n) is 8.22. The summed E-state index contributed by atoms with van der Waals surface area (Å²) in [6, 6.07) is 3.99. The number of hydrogen-bond acceptors (Lipinski definition) is 3. The van der Waals surface area contributed by atoms with Crippen LogP contribution in [-0.2, 0) is 12.8 Å². The first-order valence-electron chi connectivity index (χ1n) is 4.46. The molecule has 0 aliphatic carbocycles. The lowest BCUT2D eigenvalue weighted by Crippen LogP contribution is -1.84. The van der Waals surface area contributed by atoms with Gasteiger partial charge in [0, 0.05) is 31.4 Å². The molecule has 2 aromatic rings. The Morgan fingerprint density at radius 3 is 2.73 bits per heavy atom. The minimum Gasteiger partial charge on any atom is -0.273 e. The lowest BCUT2D eigenvalue weighted by atomic mass is 10.3. The normalized spacial score (nSPS) is 10.5. The van der Waals surface area contributed by atoms with Gasteiger partial charge in [-0.05, 0) is 17.7 Å². The van der Waals surface area contributed by atoms with E-state index in [0.29, 0.717) is 5.15 Å². The number of aryl methyl sites for hydroxylation is 1. The van der Waals surface area contributed by atoms with Crippen LogP contribution in [-0.4, -0.2) is 14.8 Å². The van der Waals surface area contributed by atoms with Crippen LogP contribution in [0.1, 0.15) is 5.56 Å². The molecule has 5 heteroatoms. The summed E-state index contributed by atoms with van der Waals surface area (Å²) in [4.78, 5) is 4.98. The van der Waals surface area contributed by atoms with E-state index in [0.717, 1.165) is 10.6 Å². The topological polar surface area (TPSA) is 30.7 Å². The molecule has 0 N–H and O–H groups in total. The molecule has 15 heavy (non-hydrogen) atoms. The summed E-state index contributed by atoms with van der Waals surface area (Å²) in [5, 5.41) is 4.64. The predicted molar refractivity (Wildman–Crippen MR) is 62.0 cm³/mol. The summed E-state index contributed by atoms with van der Waals surface area (Å²) in [6.07, 6.45) is 5.51.